The molecule has 0 saturated carbocycles. The van der Waals surface area contributed by atoms with Gasteiger partial charge in [0.15, 0.2) is 11.5 Å². The van der Waals surface area contributed by atoms with Crippen LogP contribution in [0.15, 0.2) is 47.6 Å². The molecular weight excluding hydrogens is 350 g/mol. The Morgan fingerprint density at radius 1 is 1.07 bits per heavy atom. The van der Waals surface area contributed by atoms with E-state index in [9.17, 15) is 9.59 Å². The Balaban J connectivity index is 1.47. The molecule has 27 heavy (non-hydrogen) atoms. The van der Waals surface area contributed by atoms with Crippen molar-refractivity contribution in [1.82, 2.24) is 5.43 Å². The summed E-state index contributed by atoms with van der Waals surface area (Å²) in [5, 5.41) is 6.48. The Kier molecular flexibility index (Phi) is 5.88. The quantitative estimate of drug-likeness (QED) is 0.461. The van der Waals surface area contributed by atoms with Crippen LogP contribution in [0.3, 0.4) is 0 Å². The highest BCUT2D eigenvalue weighted by molar-refractivity contribution is 6.03. The number of hydrazone groups is 1. The Morgan fingerprint density at radius 2 is 1.81 bits per heavy atom. The molecule has 2 aromatic carbocycles. The van der Waals surface area contributed by atoms with E-state index in [0.29, 0.717) is 36.1 Å². The lowest BCUT2D eigenvalue weighted by molar-refractivity contribution is -0.126. The predicted octanol–water partition coefficient (Wildman–Crippen LogP) is 1.95. The van der Waals surface area contributed by atoms with Crippen LogP contribution in [0, 0.1) is 0 Å². The fourth-order valence-electron chi connectivity index (χ4n) is 2.38. The van der Waals surface area contributed by atoms with Crippen LogP contribution >= 0.6 is 0 Å². The van der Waals surface area contributed by atoms with Crippen molar-refractivity contribution in [3.8, 4) is 17.2 Å². The van der Waals surface area contributed by atoms with Crippen molar-refractivity contribution in [2.45, 2.75) is 6.42 Å². The fraction of sp³-hybridized carbons (Fsp3) is 0.211. The van der Waals surface area contributed by atoms with E-state index < -0.39 is 11.8 Å². The van der Waals surface area contributed by atoms with E-state index in [2.05, 4.69) is 15.8 Å². The van der Waals surface area contributed by atoms with Gasteiger partial charge in [-0.3, -0.25) is 9.59 Å². The van der Waals surface area contributed by atoms with Crippen molar-refractivity contribution in [3.05, 3.63) is 48.0 Å². The van der Waals surface area contributed by atoms with Gasteiger partial charge < -0.3 is 19.5 Å². The Labute approximate surface area is 156 Å². The number of ether oxygens (including phenoxy) is 3. The first kappa shape index (κ1) is 18.2. The maximum atomic E-state index is 11.9. The van der Waals surface area contributed by atoms with Gasteiger partial charge in [0.25, 0.3) is 0 Å². The molecule has 2 N–H and O–H groups in total. The summed E-state index contributed by atoms with van der Waals surface area (Å²) in [6.45, 7) is 1.02. The smallest absolute Gasteiger partial charge is 0.249 e. The molecule has 0 unspecified atom stereocenters. The van der Waals surface area contributed by atoms with Gasteiger partial charge in [-0.25, -0.2) is 5.43 Å². The van der Waals surface area contributed by atoms with E-state index in [4.69, 9.17) is 14.2 Å². The normalized spacial score (nSPS) is 12.5. The highest BCUT2D eigenvalue weighted by atomic mass is 16.6. The number of methoxy groups -OCH3 is 1. The molecule has 0 fully saturated rings. The van der Waals surface area contributed by atoms with Gasteiger partial charge >= 0.3 is 0 Å². The summed E-state index contributed by atoms with van der Waals surface area (Å²) in [7, 11) is 1.56. The average Bonchev–Trinajstić information content (AvgIpc) is 2.68. The molecule has 2 aromatic rings. The SMILES string of the molecule is COc1ccc(NC(=O)CC(=O)NN=Cc2ccc3c(c2)OCCO3)cc1. The van der Waals surface area contributed by atoms with Crippen LogP contribution in [0.2, 0.25) is 0 Å². The lowest BCUT2D eigenvalue weighted by atomic mass is 10.2. The Morgan fingerprint density at radius 3 is 2.56 bits per heavy atom. The highest BCUT2D eigenvalue weighted by Gasteiger charge is 2.11. The maximum absolute atomic E-state index is 11.9. The first-order chi connectivity index (χ1) is 13.1. The summed E-state index contributed by atoms with van der Waals surface area (Å²) in [4.78, 5) is 23.7. The molecular formula is C19H19N3O5. The molecule has 0 atom stereocenters. The van der Waals surface area contributed by atoms with Crippen LogP contribution in [0.4, 0.5) is 5.69 Å². The van der Waals surface area contributed by atoms with Crippen molar-refractivity contribution >= 4 is 23.7 Å². The number of nitrogens with zero attached hydrogens (tertiary/aromatic N) is 1. The second kappa shape index (κ2) is 8.70. The minimum Gasteiger partial charge on any atom is -0.497 e. The summed E-state index contributed by atoms with van der Waals surface area (Å²) in [6, 6.07) is 12.1. The summed E-state index contributed by atoms with van der Waals surface area (Å²) in [5.74, 6) is 1.04. The van der Waals surface area contributed by atoms with E-state index in [1.165, 1.54) is 6.21 Å². The number of hydrogen-bond donors (Lipinski definition) is 2. The lowest BCUT2D eigenvalue weighted by Gasteiger charge is -2.18. The molecule has 1 aliphatic heterocycles. The van der Waals surface area contributed by atoms with Crippen LogP contribution < -0.4 is 25.0 Å². The van der Waals surface area contributed by atoms with Gasteiger partial charge in [-0.05, 0) is 48.0 Å². The molecule has 1 aliphatic rings. The van der Waals surface area contributed by atoms with Gasteiger partial charge in [-0.2, -0.15) is 5.10 Å². The third-order valence-electron chi connectivity index (χ3n) is 3.66. The van der Waals surface area contributed by atoms with Crippen molar-refractivity contribution in [2.75, 3.05) is 25.6 Å². The van der Waals surface area contributed by atoms with Crippen LogP contribution in [-0.4, -0.2) is 38.4 Å². The van der Waals surface area contributed by atoms with Crippen molar-refractivity contribution in [2.24, 2.45) is 5.10 Å². The van der Waals surface area contributed by atoms with Crippen LogP contribution in [0.5, 0.6) is 17.2 Å². The molecule has 0 aromatic heterocycles. The Hall–Kier alpha value is -3.55. The van der Waals surface area contributed by atoms with Crippen LogP contribution in [-0.2, 0) is 9.59 Å². The molecule has 0 bridgehead atoms. The van der Waals surface area contributed by atoms with Gasteiger partial charge in [0.05, 0.1) is 13.3 Å². The van der Waals surface area contributed by atoms with E-state index in [-0.39, 0.29) is 6.42 Å². The number of rotatable bonds is 6. The second-order valence-corrected chi connectivity index (χ2v) is 5.65. The molecule has 8 heteroatoms. The zero-order valence-electron chi connectivity index (χ0n) is 14.7. The number of hydrogen-bond acceptors (Lipinski definition) is 6. The van der Waals surface area contributed by atoms with E-state index in [1.54, 1.807) is 49.6 Å². The zero-order chi connectivity index (χ0) is 19.1. The summed E-state index contributed by atoms with van der Waals surface area (Å²) in [6.07, 6.45) is 1.13. The minimum absolute atomic E-state index is 0.343. The molecule has 2 amide bonds. The molecule has 0 radical (unpaired) electrons. The Bertz CT molecular complexity index is 849. The van der Waals surface area contributed by atoms with Crippen LogP contribution in [0.25, 0.3) is 0 Å². The summed E-state index contributed by atoms with van der Waals surface area (Å²) in [5.41, 5.74) is 3.64. The molecule has 0 saturated heterocycles. The number of carbonyl (C=O) groups is 2. The third kappa shape index (κ3) is 5.21. The van der Waals surface area contributed by atoms with Crippen molar-refractivity contribution < 1.29 is 23.8 Å². The molecule has 1 heterocycles. The van der Waals surface area contributed by atoms with Crippen LogP contribution in [0.1, 0.15) is 12.0 Å². The topological polar surface area (TPSA) is 98.2 Å². The number of nitrogens with one attached hydrogen (secondary N) is 2. The van der Waals surface area contributed by atoms with Crippen molar-refractivity contribution in [3.63, 3.8) is 0 Å². The van der Waals surface area contributed by atoms with E-state index in [0.717, 1.165) is 5.56 Å². The number of anilines is 1. The van der Waals surface area contributed by atoms with Gasteiger partial charge in [-0.15, -0.1) is 0 Å². The van der Waals surface area contributed by atoms with Crippen molar-refractivity contribution in [1.29, 1.82) is 0 Å². The standard InChI is InChI=1S/C19H19N3O5/c1-25-15-5-3-14(4-6-15)21-18(23)11-19(24)22-20-12-13-2-7-16-17(10-13)27-9-8-26-16/h2-7,10,12H,8-9,11H2,1H3,(H,21,23)(H,22,24). The highest BCUT2D eigenvalue weighted by Crippen LogP contribution is 2.30. The van der Waals surface area contributed by atoms with Gasteiger partial charge in [0.2, 0.25) is 11.8 Å². The maximum Gasteiger partial charge on any atom is 0.249 e. The van der Waals surface area contributed by atoms with Gasteiger partial charge in [0, 0.05) is 5.69 Å². The fourth-order valence-corrected chi connectivity index (χ4v) is 2.38. The zero-order valence-corrected chi connectivity index (χ0v) is 14.7. The van der Waals surface area contributed by atoms with E-state index in [1.807, 2.05) is 0 Å². The first-order valence-corrected chi connectivity index (χ1v) is 8.29. The summed E-state index contributed by atoms with van der Waals surface area (Å²) >= 11 is 0. The third-order valence-corrected chi connectivity index (χ3v) is 3.66. The second-order valence-electron chi connectivity index (χ2n) is 5.65. The number of fused-ring (bicyclic) bond motifs is 1. The molecule has 0 aliphatic carbocycles. The molecule has 3 rings (SSSR count). The average molecular weight is 369 g/mol. The predicted molar refractivity (Wildman–Crippen MR) is 99.4 cm³/mol. The largest absolute Gasteiger partial charge is 0.497 e. The number of carbonyl (C=O) groups excluding carboxylic acids is 2. The van der Waals surface area contributed by atoms with E-state index >= 15 is 0 Å². The lowest BCUT2D eigenvalue weighted by Crippen LogP contribution is -2.24. The molecule has 140 valence electrons. The number of benzene rings is 2. The first-order valence-electron chi connectivity index (χ1n) is 8.29. The minimum atomic E-state index is -0.519. The monoisotopic (exact) mass is 369 g/mol. The van der Waals surface area contributed by atoms with Gasteiger partial charge in [-0.1, -0.05) is 0 Å². The molecule has 8 nitrogen and oxygen atoms in total. The summed E-state index contributed by atoms with van der Waals surface area (Å²) < 4.78 is 16.0. The molecule has 0 spiro atoms. The van der Waals surface area contributed by atoms with Gasteiger partial charge in [0.1, 0.15) is 25.4 Å². The number of amides is 2.